The second kappa shape index (κ2) is 6.85. The third-order valence-electron chi connectivity index (χ3n) is 3.57. The molecule has 3 N–H and O–H groups in total. The fraction of sp³-hybridized carbons (Fsp3) is 0.176. The van der Waals surface area contributed by atoms with Gasteiger partial charge in [-0.05, 0) is 24.6 Å². The second-order valence-electron chi connectivity index (χ2n) is 5.31. The van der Waals surface area contributed by atoms with Crippen LogP contribution in [0.5, 0.6) is 0 Å². The Morgan fingerprint density at radius 1 is 1.22 bits per heavy atom. The number of hydrogen-bond acceptors (Lipinski definition) is 4. The lowest BCUT2D eigenvalue weighted by atomic mass is 10.1. The molecule has 23 heavy (non-hydrogen) atoms. The van der Waals surface area contributed by atoms with Crippen molar-refractivity contribution in [3.63, 3.8) is 0 Å². The number of imidazole rings is 1. The van der Waals surface area contributed by atoms with Gasteiger partial charge in [0.1, 0.15) is 0 Å². The average Bonchev–Trinajstić information content (AvgIpc) is 2.92. The molecule has 0 saturated heterocycles. The van der Waals surface area contributed by atoms with Gasteiger partial charge in [0.2, 0.25) is 5.91 Å². The summed E-state index contributed by atoms with van der Waals surface area (Å²) < 4.78 is 2.13. The maximum Gasteiger partial charge on any atom is 0.244 e. The first-order chi connectivity index (χ1) is 11.2. The number of fused-ring (bicyclic) bond motifs is 1. The van der Waals surface area contributed by atoms with Gasteiger partial charge < -0.3 is 4.57 Å². The molecular formula is C17H18N4OS. The van der Waals surface area contributed by atoms with E-state index in [0.29, 0.717) is 6.54 Å². The Morgan fingerprint density at radius 3 is 2.70 bits per heavy atom. The van der Waals surface area contributed by atoms with Crippen molar-refractivity contribution < 1.29 is 4.79 Å². The van der Waals surface area contributed by atoms with Crippen LogP contribution in [0.3, 0.4) is 0 Å². The van der Waals surface area contributed by atoms with Crippen LogP contribution in [0.2, 0.25) is 0 Å². The third kappa shape index (κ3) is 3.55. The highest BCUT2D eigenvalue weighted by atomic mass is 32.2. The highest BCUT2D eigenvalue weighted by molar-refractivity contribution is 7.99. The van der Waals surface area contributed by atoms with Gasteiger partial charge in [0.15, 0.2) is 5.16 Å². The van der Waals surface area contributed by atoms with Crippen LogP contribution in [0.1, 0.15) is 11.1 Å². The van der Waals surface area contributed by atoms with E-state index >= 15 is 0 Å². The topological polar surface area (TPSA) is 72.9 Å². The molecule has 1 heterocycles. The highest BCUT2D eigenvalue weighted by Gasteiger charge is 2.12. The number of carbonyl (C=O) groups is 1. The number of aryl methyl sites for hydroxylation is 1. The molecule has 0 bridgehead atoms. The number of hydrogen-bond donors (Lipinski definition) is 2. The molecule has 0 radical (unpaired) electrons. The maximum atomic E-state index is 11.4. The molecule has 0 atom stereocenters. The molecular weight excluding hydrogens is 308 g/mol. The van der Waals surface area contributed by atoms with Crippen molar-refractivity contribution in [3.8, 4) is 0 Å². The smallest absolute Gasteiger partial charge is 0.244 e. The Kier molecular flexibility index (Phi) is 4.64. The van der Waals surface area contributed by atoms with E-state index in [0.717, 1.165) is 16.2 Å². The molecule has 3 rings (SSSR count). The van der Waals surface area contributed by atoms with Gasteiger partial charge in [-0.15, -0.1) is 0 Å². The lowest BCUT2D eigenvalue weighted by molar-refractivity contribution is -0.118. The van der Waals surface area contributed by atoms with Crippen molar-refractivity contribution in [1.82, 2.24) is 15.0 Å². The van der Waals surface area contributed by atoms with Gasteiger partial charge in [-0.1, -0.05) is 53.7 Å². The predicted octanol–water partition coefficient (Wildman–Crippen LogP) is 2.48. The first kappa shape index (κ1) is 15.6. The number of rotatable bonds is 5. The van der Waals surface area contributed by atoms with E-state index in [9.17, 15) is 4.79 Å². The molecule has 1 amide bonds. The van der Waals surface area contributed by atoms with Gasteiger partial charge in [0.05, 0.1) is 23.3 Å². The molecule has 0 fully saturated rings. The van der Waals surface area contributed by atoms with Crippen LogP contribution in [0.4, 0.5) is 0 Å². The van der Waals surface area contributed by atoms with Crippen molar-refractivity contribution in [2.45, 2.75) is 18.6 Å². The molecule has 2 aromatic carbocycles. The minimum atomic E-state index is -0.219. The van der Waals surface area contributed by atoms with Crippen LogP contribution in [0.25, 0.3) is 11.0 Å². The van der Waals surface area contributed by atoms with Crippen molar-refractivity contribution in [2.75, 3.05) is 5.75 Å². The number of nitrogens with two attached hydrogens (primary N) is 1. The normalized spacial score (nSPS) is 10.9. The van der Waals surface area contributed by atoms with E-state index in [1.807, 2.05) is 24.3 Å². The van der Waals surface area contributed by atoms with Crippen LogP contribution in [0, 0.1) is 6.92 Å². The van der Waals surface area contributed by atoms with E-state index in [1.54, 1.807) is 0 Å². The van der Waals surface area contributed by atoms with Crippen LogP contribution in [-0.4, -0.2) is 21.2 Å². The molecule has 0 aliphatic heterocycles. The van der Waals surface area contributed by atoms with Crippen molar-refractivity contribution in [2.24, 2.45) is 5.84 Å². The summed E-state index contributed by atoms with van der Waals surface area (Å²) in [6.07, 6.45) is 0. The Hall–Kier alpha value is -2.31. The van der Waals surface area contributed by atoms with E-state index in [2.05, 4.69) is 46.2 Å². The van der Waals surface area contributed by atoms with Gasteiger partial charge in [-0.2, -0.15) is 0 Å². The molecule has 0 aliphatic rings. The summed E-state index contributed by atoms with van der Waals surface area (Å²) in [6, 6.07) is 16.4. The fourth-order valence-corrected chi connectivity index (χ4v) is 3.19. The summed E-state index contributed by atoms with van der Waals surface area (Å²) in [5, 5.41) is 0.815. The maximum absolute atomic E-state index is 11.4. The zero-order valence-electron chi connectivity index (χ0n) is 12.8. The van der Waals surface area contributed by atoms with Crippen LogP contribution < -0.4 is 11.3 Å². The molecule has 3 aromatic rings. The van der Waals surface area contributed by atoms with Crippen LogP contribution >= 0.6 is 11.8 Å². The third-order valence-corrected chi connectivity index (χ3v) is 4.55. The van der Waals surface area contributed by atoms with Gasteiger partial charge in [-0.3, -0.25) is 10.2 Å². The minimum Gasteiger partial charge on any atom is -0.314 e. The van der Waals surface area contributed by atoms with Gasteiger partial charge in [-0.25, -0.2) is 10.8 Å². The molecule has 118 valence electrons. The molecule has 0 aliphatic carbocycles. The second-order valence-corrected chi connectivity index (χ2v) is 6.25. The van der Waals surface area contributed by atoms with Crippen molar-refractivity contribution in [3.05, 3.63) is 59.7 Å². The number of para-hydroxylation sites is 2. The number of amides is 1. The summed E-state index contributed by atoms with van der Waals surface area (Å²) in [5.41, 5.74) is 6.57. The first-order valence-corrected chi connectivity index (χ1v) is 8.29. The van der Waals surface area contributed by atoms with E-state index in [1.165, 1.54) is 22.9 Å². The molecule has 0 saturated carbocycles. The minimum absolute atomic E-state index is 0.219. The van der Waals surface area contributed by atoms with Crippen molar-refractivity contribution >= 4 is 28.7 Å². The Labute approximate surface area is 138 Å². The molecule has 0 unspecified atom stereocenters. The molecule has 5 nitrogen and oxygen atoms in total. The lowest BCUT2D eigenvalue weighted by Gasteiger charge is -2.09. The van der Waals surface area contributed by atoms with E-state index in [-0.39, 0.29) is 11.7 Å². The summed E-state index contributed by atoms with van der Waals surface area (Å²) >= 11 is 1.39. The largest absolute Gasteiger partial charge is 0.314 e. The standard InChI is InChI=1S/C17H18N4OS/c1-12-6-8-13(9-7-12)10-21-15-5-3-2-4-14(15)19-17(21)23-11-16(22)20-18/h2-9H,10-11,18H2,1H3,(H,20,22). The summed E-state index contributed by atoms with van der Waals surface area (Å²) in [4.78, 5) is 16.1. The zero-order chi connectivity index (χ0) is 16.2. The number of carbonyl (C=O) groups excluding carboxylic acids is 1. The van der Waals surface area contributed by atoms with Gasteiger partial charge in [0, 0.05) is 0 Å². The monoisotopic (exact) mass is 326 g/mol. The number of nitrogens with zero attached hydrogens (tertiary/aromatic N) is 2. The van der Waals surface area contributed by atoms with E-state index < -0.39 is 0 Å². The van der Waals surface area contributed by atoms with Crippen LogP contribution in [0.15, 0.2) is 53.7 Å². The average molecular weight is 326 g/mol. The number of thioether (sulfide) groups is 1. The quantitative estimate of drug-likeness (QED) is 0.327. The molecule has 6 heteroatoms. The summed E-state index contributed by atoms with van der Waals surface area (Å²) in [7, 11) is 0. The lowest BCUT2D eigenvalue weighted by Crippen LogP contribution is -2.31. The van der Waals surface area contributed by atoms with Crippen LogP contribution in [-0.2, 0) is 11.3 Å². The van der Waals surface area contributed by atoms with Gasteiger partial charge in [0.25, 0.3) is 0 Å². The summed E-state index contributed by atoms with van der Waals surface area (Å²) in [5.74, 6) is 5.17. The number of aromatic nitrogens is 2. The zero-order valence-corrected chi connectivity index (χ0v) is 13.6. The molecule has 1 aromatic heterocycles. The first-order valence-electron chi connectivity index (χ1n) is 7.30. The Balaban J connectivity index is 1.95. The Morgan fingerprint density at radius 2 is 1.96 bits per heavy atom. The van der Waals surface area contributed by atoms with Gasteiger partial charge >= 0.3 is 0 Å². The fourth-order valence-electron chi connectivity index (χ4n) is 2.36. The van der Waals surface area contributed by atoms with E-state index in [4.69, 9.17) is 5.84 Å². The Bertz CT molecular complexity index is 826. The van der Waals surface area contributed by atoms with Crippen molar-refractivity contribution in [1.29, 1.82) is 0 Å². The number of nitrogens with one attached hydrogen (secondary N) is 1. The predicted molar refractivity (Wildman–Crippen MR) is 93.1 cm³/mol. The summed E-state index contributed by atoms with van der Waals surface area (Å²) in [6.45, 7) is 2.79. The number of benzene rings is 2. The SMILES string of the molecule is Cc1ccc(Cn2c(SCC(=O)NN)nc3ccccc32)cc1. The molecule has 0 spiro atoms. The number of hydrazine groups is 1. The highest BCUT2D eigenvalue weighted by Crippen LogP contribution is 2.25.